The van der Waals surface area contributed by atoms with Gasteiger partial charge in [-0.3, -0.25) is 4.79 Å². The molecule has 0 aromatic heterocycles. The molecule has 0 saturated carbocycles. The van der Waals surface area contributed by atoms with Gasteiger partial charge in [0.1, 0.15) is 0 Å². The number of carbonyl (C=O) groups excluding carboxylic acids is 1. The molecule has 0 saturated heterocycles. The number of ketones is 1. The summed E-state index contributed by atoms with van der Waals surface area (Å²) in [6.07, 6.45) is 12.0. The molecule has 1 aromatic rings. The molecule has 1 rings (SSSR count). The third kappa shape index (κ3) is 7.30. The van der Waals surface area contributed by atoms with Crippen LogP contribution in [0.1, 0.15) is 57.4 Å². The first kappa shape index (κ1) is 18.3. The fourth-order valence-electron chi connectivity index (χ4n) is 2.35. The van der Waals surface area contributed by atoms with Crippen LogP contribution in [-0.2, 0) is 11.2 Å². The summed E-state index contributed by atoms with van der Waals surface area (Å²) in [6, 6.07) is 5.29. The lowest BCUT2D eigenvalue weighted by Crippen LogP contribution is -1.93. The third-order valence-electron chi connectivity index (χ3n) is 3.68. The van der Waals surface area contributed by atoms with Gasteiger partial charge in [0, 0.05) is 6.42 Å². The number of hydrogen-bond acceptors (Lipinski definition) is 3. The van der Waals surface area contributed by atoms with Gasteiger partial charge in [-0.1, -0.05) is 51.2 Å². The second-order valence-corrected chi connectivity index (χ2v) is 5.60. The Bertz CT molecular complexity index is 478. The third-order valence-corrected chi connectivity index (χ3v) is 3.68. The Morgan fingerprint density at radius 3 is 2.59 bits per heavy atom. The fraction of sp³-hybridized carbons (Fsp3) is 0.526. The van der Waals surface area contributed by atoms with Crippen molar-refractivity contribution >= 4 is 5.78 Å². The molecule has 1 N–H and O–H groups in total. The van der Waals surface area contributed by atoms with Crippen molar-refractivity contribution < 1.29 is 14.6 Å². The summed E-state index contributed by atoms with van der Waals surface area (Å²) < 4.78 is 5.00. The van der Waals surface area contributed by atoms with Gasteiger partial charge < -0.3 is 9.84 Å². The van der Waals surface area contributed by atoms with E-state index in [4.69, 9.17) is 4.74 Å². The number of unbranched alkanes of at least 4 members (excludes halogenated alkanes) is 5. The van der Waals surface area contributed by atoms with Crippen LogP contribution in [0.3, 0.4) is 0 Å². The number of benzene rings is 1. The van der Waals surface area contributed by atoms with E-state index in [0.717, 1.165) is 18.4 Å². The molecule has 0 fully saturated rings. The van der Waals surface area contributed by atoms with Crippen LogP contribution in [0.2, 0.25) is 0 Å². The molecule has 0 aliphatic heterocycles. The monoisotopic (exact) mass is 304 g/mol. The number of methoxy groups -OCH3 is 1. The Kier molecular flexibility index (Phi) is 9.04. The molecule has 0 atom stereocenters. The molecule has 0 aliphatic carbocycles. The maximum atomic E-state index is 11.7. The number of allylic oxidation sites excluding steroid dienone is 2. The standard InChI is InChI=1S/C19H28O3/c1-3-4-5-6-7-8-11-17(20)12-9-10-16-13-14-19(22-2)18(21)15-16/h9,12-15,21H,3-8,10-11H2,1-2H3. The highest BCUT2D eigenvalue weighted by molar-refractivity contribution is 5.89. The van der Waals surface area contributed by atoms with E-state index in [2.05, 4.69) is 6.92 Å². The van der Waals surface area contributed by atoms with Crippen molar-refractivity contribution in [1.29, 1.82) is 0 Å². The van der Waals surface area contributed by atoms with E-state index in [0.29, 0.717) is 18.6 Å². The highest BCUT2D eigenvalue weighted by atomic mass is 16.5. The van der Waals surface area contributed by atoms with Crippen LogP contribution in [0.25, 0.3) is 0 Å². The Balaban J connectivity index is 2.24. The minimum Gasteiger partial charge on any atom is -0.504 e. The lowest BCUT2D eigenvalue weighted by atomic mass is 10.1. The maximum Gasteiger partial charge on any atom is 0.160 e. The van der Waals surface area contributed by atoms with Crippen LogP contribution in [0.4, 0.5) is 0 Å². The summed E-state index contributed by atoms with van der Waals surface area (Å²) in [5.74, 6) is 0.784. The largest absolute Gasteiger partial charge is 0.504 e. The molecule has 1 aromatic carbocycles. The van der Waals surface area contributed by atoms with Crippen LogP contribution < -0.4 is 4.74 Å². The van der Waals surface area contributed by atoms with E-state index in [1.54, 1.807) is 18.2 Å². The molecular formula is C19H28O3. The van der Waals surface area contributed by atoms with Crippen molar-refractivity contribution in [3.63, 3.8) is 0 Å². The topological polar surface area (TPSA) is 46.5 Å². The first-order chi connectivity index (χ1) is 10.7. The number of phenolic OH excluding ortho intramolecular Hbond substituents is 1. The van der Waals surface area contributed by atoms with E-state index in [-0.39, 0.29) is 11.5 Å². The molecule has 3 heteroatoms. The summed E-state index contributed by atoms with van der Waals surface area (Å²) in [7, 11) is 1.52. The predicted octanol–water partition coefficient (Wildman–Crippen LogP) is 4.82. The van der Waals surface area contributed by atoms with Crippen molar-refractivity contribution in [2.45, 2.75) is 58.3 Å². The van der Waals surface area contributed by atoms with E-state index >= 15 is 0 Å². The summed E-state index contributed by atoms with van der Waals surface area (Å²) in [4.78, 5) is 11.7. The number of hydrogen-bond donors (Lipinski definition) is 1. The number of phenols is 1. The van der Waals surface area contributed by atoms with Crippen LogP contribution in [0.15, 0.2) is 30.4 Å². The van der Waals surface area contributed by atoms with E-state index < -0.39 is 0 Å². The number of ether oxygens (including phenoxy) is 1. The van der Waals surface area contributed by atoms with Crippen molar-refractivity contribution in [3.8, 4) is 11.5 Å². The zero-order valence-electron chi connectivity index (χ0n) is 13.8. The summed E-state index contributed by atoms with van der Waals surface area (Å²) in [5, 5.41) is 9.69. The number of carbonyl (C=O) groups is 1. The van der Waals surface area contributed by atoms with E-state index in [9.17, 15) is 9.90 Å². The zero-order chi connectivity index (χ0) is 16.2. The Hall–Kier alpha value is -1.77. The Morgan fingerprint density at radius 2 is 1.91 bits per heavy atom. The number of rotatable bonds is 11. The minimum atomic E-state index is 0.131. The second-order valence-electron chi connectivity index (χ2n) is 5.60. The van der Waals surface area contributed by atoms with Crippen LogP contribution in [0, 0.1) is 0 Å². The molecule has 0 heterocycles. The molecule has 0 bridgehead atoms. The van der Waals surface area contributed by atoms with Crippen molar-refractivity contribution in [2.24, 2.45) is 0 Å². The summed E-state index contributed by atoms with van der Waals surface area (Å²) >= 11 is 0. The SMILES string of the molecule is CCCCCCCCC(=O)C=CCc1ccc(OC)c(O)c1. The Morgan fingerprint density at radius 1 is 1.18 bits per heavy atom. The molecule has 3 nitrogen and oxygen atoms in total. The molecular weight excluding hydrogens is 276 g/mol. The van der Waals surface area contributed by atoms with Crippen LogP contribution in [-0.4, -0.2) is 18.0 Å². The van der Waals surface area contributed by atoms with Gasteiger partial charge in [-0.2, -0.15) is 0 Å². The normalized spacial score (nSPS) is 11.0. The van der Waals surface area contributed by atoms with Gasteiger partial charge in [0.2, 0.25) is 0 Å². The second kappa shape index (κ2) is 10.9. The van der Waals surface area contributed by atoms with Gasteiger partial charge in [0.25, 0.3) is 0 Å². The first-order valence-corrected chi connectivity index (χ1v) is 8.22. The van der Waals surface area contributed by atoms with E-state index in [1.807, 2.05) is 12.1 Å². The molecule has 0 spiro atoms. The van der Waals surface area contributed by atoms with Crippen molar-refractivity contribution in [3.05, 3.63) is 35.9 Å². The predicted molar refractivity (Wildman–Crippen MR) is 90.5 cm³/mol. The first-order valence-electron chi connectivity index (χ1n) is 8.22. The molecule has 122 valence electrons. The molecule has 0 amide bonds. The average Bonchev–Trinajstić information content (AvgIpc) is 2.51. The highest BCUT2D eigenvalue weighted by Crippen LogP contribution is 2.26. The minimum absolute atomic E-state index is 0.131. The lowest BCUT2D eigenvalue weighted by Gasteiger charge is -2.04. The zero-order valence-corrected chi connectivity index (χ0v) is 13.8. The lowest BCUT2D eigenvalue weighted by molar-refractivity contribution is -0.114. The van der Waals surface area contributed by atoms with Crippen molar-refractivity contribution in [2.75, 3.05) is 7.11 Å². The fourth-order valence-corrected chi connectivity index (χ4v) is 2.35. The highest BCUT2D eigenvalue weighted by Gasteiger charge is 2.01. The average molecular weight is 304 g/mol. The van der Waals surface area contributed by atoms with Crippen molar-refractivity contribution in [1.82, 2.24) is 0 Å². The van der Waals surface area contributed by atoms with Gasteiger partial charge in [-0.15, -0.1) is 0 Å². The van der Waals surface area contributed by atoms with Crippen LogP contribution >= 0.6 is 0 Å². The molecule has 0 radical (unpaired) electrons. The van der Waals surface area contributed by atoms with Gasteiger partial charge in [-0.25, -0.2) is 0 Å². The van der Waals surface area contributed by atoms with E-state index in [1.165, 1.54) is 32.8 Å². The summed E-state index contributed by atoms with van der Waals surface area (Å²) in [5.41, 5.74) is 0.960. The van der Waals surface area contributed by atoms with Gasteiger partial charge in [0.05, 0.1) is 7.11 Å². The van der Waals surface area contributed by atoms with Gasteiger partial charge >= 0.3 is 0 Å². The van der Waals surface area contributed by atoms with Gasteiger partial charge in [-0.05, 0) is 36.6 Å². The summed E-state index contributed by atoms with van der Waals surface area (Å²) in [6.45, 7) is 2.21. The van der Waals surface area contributed by atoms with Gasteiger partial charge in [0.15, 0.2) is 17.3 Å². The molecule has 22 heavy (non-hydrogen) atoms. The number of aromatic hydroxyl groups is 1. The maximum absolute atomic E-state index is 11.7. The Labute approximate surface area is 134 Å². The molecule has 0 aliphatic rings. The molecule has 0 unspecified atom stereocenters. The quantitative estimate of drug-likeness (QED) is 0.471. The smallest absolute Gasteiger partial charge is 0.160 e. The van der Waals surface area contributed by atoms with Crippen LogP contribution in [0.5, 0.6) is 11.5 Å².